The van der Waals surface area contributed by atoms with Crippen molar-refractivity contribution in [2.75, 3.05) is 64.2 Å². The zero-order chi connectivity index (χ0) is 51.0. The number of carbonyl (C=O) groups excluding carboxylic acids is 3. The van der Waals surface area contributed by atoms with Crippen molar-refractivity contribution in [1.82, 2.24) is 48.2 Å². The Labute approximate surface area is 421 Å². The molecule has 11 rings (SSSR count). The van der Waals surface area contributed by atoms with Crippen LogP contribution in [0.4, 0.5) is 14.5 Å². The van der Waals surface area contributed by atoms with Gasteiger partial charge in [-0.15, -0.1) is 0 Å². The molecule has 2 N–H and O–H groups in total. The maximum Gasteiger partial charge on any atom is 0.329 e. The highest BCUT2D eigenvalue weighted by Gasteiger charge is 2.34. The highest BCUT2D eigenvalue weighted by atomic mass is 19.1. The Kier molecular flexibility index (Phi) is 12.8. The minimum absolute atomic E-state index is 0.0401. The van der Waals surface area contributed by atoms with E-state index in [4.69, 9.17) is 0 Å². The molecule has 18 heteroatoms. The lowest BCUT2D eigenvalue weighted by Gasteiger charge is -2.42. The molecule has 6 aromatic rings. The third-order valence-corrected chi connectivity index (χ3v) is 16.5. The quantitative estimate of drug-likeness (QED) is 0.161. The summed E-state index contributed by atoms with van der Waals surface area (Å²) in [7, 11) is 3.67. The molecule has 3 atom stereocenters. The van der Waals surface area contributed by atoms with E-state index in [0.717, 1.165) is 78.9 Å². The van der Waals surface area contributed by atoms with Gasteiger partial charge in [0.25, 0.3) is 11.5 Å². The van der Waals surface area contributed by atoms with E-state index in [2.05, 4.69) is 50.2 Å². The number of fused-ring (bicyclic) bond motifs is 3. The molecule has 0 aliphatic carbocycles. The van der Waals surface area contributed by atoms with Crippen LogP contribution in [0.25, 0.3) is 33.3 Å². The number of aryl methyl sites for hydroxylation is 3. The van der Waals surface area contributed by atoms with Gasteiger partial charge in [-0.1, -0.05) is 12.1 Å². The number of hydrogen-bond acceptors (Lipinski definition) is 10. The van der Waals surface area contributed by atoms with Crippen LogP contribution in [0.5, 0.6) is 0 Å². The van der Waals surface area contributed by atoms with E-state index in [9.17, 15) is 24.0 Å². The van der Waals surface area contributed by atoms with Gasteiger partial charge < -0.3 is 14.8 Å². The molecule has 382 valence electrons. The van der Waals surface area contributed by atoms with E-state index < -0.39 is 17.8 Å². The number of carbonyl (C=O) groups is 3. The number of halogens is 2. The maximum atomic E-state index is 16.2. The fourth-order valence-corrected chi connectivity index (χ4v) is 12.4. The van der Waals surface area contributed by atoms with Crippen LogP contribution in [0.3, 0.4) is 0 Å². The van der Waals surface area contributed by atoms with Gasteiger partial charge >= 0.3 is 5.69 Å². The molecule has 5 aliphatic rings. The first kappa shape index (κ1) is 48.5. The van der Waals surface area contributed by atoms with Crippen molar-refractivity contribution >= 4 is 51.0 Å². The molecule has 3 fully saturated rings. The van der Waals surface area contributed by atoms with Gasteiger partial charge in [0, 0.05) is 132 Å². The molecule has 4 aromatic heterocycles. The van der Waals surface area contributed by atoms with Crippen LogP contribution in [0.2, 0.25) is 0 Å². The Bertz CT molecular complexity index is 3360. The van der Waals surface area contributed by atoms with Crippen molar-refractivity contribution in [2.24, 2.45) is 20.0 Å². The van der Waals surface area contributed by atoms with Crippen molar-refractivity contribution in [3.05, 3.63) is 127 Å². The van der Waals surface area contributed by atoms with Crippen molar-refractivity contribution < 1.29 is 23.2 Å². The highest BCUT2D eigenvalue weighted by Crippen LogP contribution is 2.35. The van der Waals surface area contributed by atoms with E-state index >= 15 is 8.78 Å². The van der Waals surface area contributed by atoms with Gasteiger partial charge in [-0.05, 0) is 112 Å². The topological polar surface area (TPSA) is 155 Å². The number of piperidine rings is 2. The Hall–Kier alpha value is -6.76. The molecule has 0 bridgehead atoms. The largest absolute Gasteiger partial charge is 0.382 e. The summed E-state index contributed by atoms with van der Waals surface area (Å²) in [6.45, 7) is 13.8. The summed E-state index contributed by atoms with van der Waals surface area (Å²) < 4.78 is 37.8. The Morgan fingerprint density at radius 2 is 1.70 bits per heavy atom. The number of anilines is 1. The molecule has 2 aromatic carbocycles. The predicted molar refractivity (Wildman–Crippen MR) is 276 cm³/mol. The number of imidazole rings is 1. The lowest BCUT2D eigenvalue weighted by molar-refractivity contribution is -0.135. The van der Waals surface area contributed by atoms with Crippen LogP contribution in [0.15, 0.2) is 70.5 Å². The van der Waals surface area contributed by atoms with Crippen molar-refractivity contribution in [3.8, 4) is 5.69 Å². The number of rotatable bonds is 10. The fourth-order valence-electron chi connectivity index (χ4n) is 12.4. The standard InChI is InChI=1S/C55H63F2N11O5/c1-32-24-38(26-41(56)49(32)37-14-20-64(21-15-37)34(3)46-27-40-43(11-17-59-51(40)61(46)4)67-31-42(57)50-39(54(67)72)10-16-58-50)53(71)65-18-12-35(13-19-65)30-66-23-22-63(28-33(66)2)29-36-6-7-44-47(25-36)62(5)55(73)68(44)45-8-9-48(69)60-52(45)70/h6-7,11,14,17,24-27,31,33-35,45,58H,8-10,12-13,15-16,18-23,28-30H2,1-5H3,(H,60,69,70)/t33-,34-,45?/m0/s1. The van der Waals surface area contributed by atoms with E-state index in [1.54, 1.807) is 23.9 Å². The van der Waals surface area contributed by atoms with Crippen LogP contribution in [-0.2, 0) is 36.6 Å². The maximum absolute atomic E-state index is 16.2. The molecular formula is C55H63F2N11O5. The summed E-state index contributed by atoms with van der Waals surface area (Å²) in [5, 5.41) is 6.12. The summed E-state index contributed by atoms with van der Waals surface area (Å²) in [5.74, 6) is -1.26. The van der Waals surface area contributed by atoms with Crippen LogP contribution in [0.1, 0.15) is 96.3 Å². The summed E-state index contributed by atoms with van der Waals surface area (Å²) in [6.07, 6.45) is 8.38. The molecule has 0 saturated carbocycles. The molecule has 3 saturated heterocycles. The number of imide groups is 1. The predicted octanol–water partition coefficient (Wildman–Crippen LogP) is 5.82. The number of pyridine rings is 2. The second kappa shape index (κ2) is 19.3. The second-order valence-corrected chi connectivity index (χ2v) is 21.0. The summed E-state index contributed by atoms with van der Waals surface area (Å²) in [4.78, 5) is 78.9. The molecule has 3 amide bonds. The van der Waals surface area contributed by atoms with Crippen LogP contribution < -0.4 is 21.9 Å². The van der Waals surface area contributed by atoms with Crippen molar-refractivity contribution in [3.63, 3.8) is 0 Å². The first-order chi connectivity index (χ1) is 35.1. The molecular weight excluding hydrogens is 933 g/mol. The SMILES string of the molecule is Cc1cc(C(=O)N2CCC(CN3CCN(Cc4ccc5c(c4)n(C)c(=O)n5C4CCC(=O)NC4=O)C[C@@H]3C)CC2)cc(F)c1C1=CCN([C@@H](C)c2cc3c(-n4cc(F)c5c(c4=O)CCN5)ccnc3n2C)CC1. The van der Waals surface area contributed by atoms with Crippen LogP contribution in [-0.4, -0.2) is 126 Å². The Morgan fingerprint density at radius 3 is 2.44 bits per heavy atom. The van der Waals surface area contributed by atoms with E-state index in [1.807, 2.05) is 53.8 Å². The average molecular weight is 996 g/mol. The molecule has 73 heavy (non-hydrogen) atoms. The minimum atomic E-state index is -0.712. The van der Waals surface area contributed by atoms with Gasteiger partial charge in [0.05, 0.1) is 28.6 Å². The normalized spacial score (nSPS) is 20.9. The third kappa shape index (κ3) is 8.79. The number of benzene rings is 2. The molecule has 9 heterocycles. The van der Waals surface area contributed by atoms with E-state index in [1.165, 1.54) is 21.4 Å². The van der Waals surface area contributed by atoms with Crippen LogP contribution >= 0.6 is 0 Å². The minimum Gasteiger partial charge on any atom is -0.382 e. The number of nitrogens with zero attached hydrogens (tertiary/aromatic N) is 9. The van der Waals surface area contributed by atoms with Crippen molar-refractivity contribution in [1.29, 1.82) is 0 Å². The second-order valence-electron chi connectivity index (χ2n) is 21.0. The Balaban J connectivity index is 0.680. The fraction of sp³-hybridized carbons (Fsp3) is 0.455. The van der Waals surface area contributed by atoms with E-state index in [0.29, 0.717) is 103 Å². The molecule has 5 aliphatic heterocycles. The summed E-state index contributed by atoms with van der Waals surface area (Å²) >= 11 is 0. The number of piperazine rings is 1. The molecule has 0 spiro atoms. The van der Waals surface area contributed by atoms with Gasteiger partial charge in [-0.2, -0.15) is 0 Å². The van der Waals surface area contributed by atoms with Gasteiger partial charge in [0.1, 0.15) is 17.5 Å². The van der Waals surface area contributed by atoms with Gasteiger partial charge in [-0.25, -0.2) is 18.6 Å². The summed E-state index contributed by atoms with van der Waals surface area (Å²) in [6, 6.07) is 12.6. The molecule has 16 nitrogen and oxygen atoms in total. The van der Waals surface area contributed by atoms with Gasteiger partial charge in [0.2, 0.25) is 11.8 Å². The van der Waals surface area contributed by atoms with Crippen molar-refractivity contribution in [2.45, 2.75) is 84.0 Å². The number of hydrogen-bond donors (Lipinski definition) is 2. The number of aromatic nitrogens is 5. The number of amides is 3. The zero-order valence-corrected chi connectivity index (χ0v) is 42.2. The summed E-state index contributed by atoms with van der Waals surface area (Å²) in [5.41, 5.74) is 7.66. The third-order valence-electron chi connectivity index (χ3n) is 16.5. The Morgan fingerprint density at radius 1 is 0.890 bits per heavy atom. The monoisotopic (exact) mass is 995 g/mol. The lowest BCUT2D eigenvalue weighted by atomic mass is 9.92. The highest BCUT2D eigenvalue weighted by molar-refractivity contribution is 6.00. The van der Waals surface area contributed by atoms with E-state index in [-0.39, 0.29) is 41.3 Å². The average Bonchev–Trinajstić information content (AvgIpc) is 4.08. The first-order valence-electron chi connectivity index (χ1n) is 25.8. The zero-order valence-electron chi connectivity index (χ0n) is 42.2. The number of nitrogens with one attached hydrogen (secondary N) is 2. The first-order valence-corrected chi connectivity index (χ1v) is 25.8. The molecule has 1 unspecified atom stereocenters. The lowest BCUT2D eigenvalue weighted by Crippen LogP contribution is -2.53. The van der Waals surface area contributed by atoms with Gasteiger partial charge in [0.15, 0.2) is 5.82 Å². The number of likely N-dealkylation sites (tertiary alicyclic amines) is 1. The smallest absolute Gasteiger partial charge is 0.329 e. The van der Waals surface area contributed by atoms with Crippen LogP contribution in [0, 0.1) is 24.5 Å². The van der Waals surface area contributed by atoms with Gasteiger partial charge in [-0.3, -0.25) is 52.9 Å². The molecule has 0 radical (unpaired) electrons.